The summed E-state index contributed by atoms with van der Waals surface area (Å²) in [6.45, 7) is 7.76. The molecule has 0 spiro atoms. The van der Waals surface area contributed by atoms with E-state index < -0.39 is 0 Å². The van der Waals surface area contributed by atoms with E-state index in [1.165, 1.54) is 0 Å². The minimum absolute atomic E-state index is 0. The van der Waals surface area contributed by atoms with Crippen LogP contribution in [0, 0.1) is 6.92 Å². The van der Waals surface area contributed by atoms with Gasteiger partial charge in [0.1, 0.15) is 11.5 Å². The Bertz CT molecular complexity index is 697. The maximum absolute atomic E-state index is 5.91. The summed E-state index contributed by atoms with van der Waals surface area (Å²) in [7, 11) is 1.80. The molecule has 0 radical (unpaired) electrons. The number of hydrogen-bond donors (Lipinski definition) is 2. The molecule has 0 saturated carbocycles. The van der Waals surface area contributed by atoms with Crippen LogP contribution in [0.1, 0.15) is 24.0 Å². The van der Waals surface area contributed by atoms with E-state index in [0.717, 1.165) is 69.8 Å². The number of rotatable bonds is 8. The van der Waals surface area contributed by atoms with Gasteiger partial charge in [-0.25, -0.2) is 0 Å². The van der Waals surface area contributed by atoms with Crippen molar-refractivity contribution >= 4 is 29.9 Å². The van der Waals surface area contributed by atoms with Gasteiger partial charge in [-0.3, -0.25) is 14.6 Å². The molecule has 1 fully saturated rings. The Morgan fingerprint density at radius 1 is 1.29 bits per heavy atom. The number of nitrogens with zero attached hydrogens (tertiary/aromatic N) is 4. The predicted octanol–water partition coefficient (Wildman–Crippen LogP) is 2.03. The Hall–Kier alpha value is -1.59. The maximum atomic E-state index is 5.91. The molecule has 2 N–H and O–H groups in total. The van der Waals surface area contributed by atoms with Gasteiger partial charge in [-0.05, 0) is 31.5 Å². The second-order valence-corrected chi connectivity index (χ2v) is 6.62. The molecule has 3 heterocycles. The molecule has 2 aromatic heterocycles. The number of ether oxygens (including phenoxy) is 1. The molecule has 1 aliphatic heterocycles. The number of morpholine rings is 1. The van der Waals surface area contributed by atoms with Crippen molar-refractivity contribution in [1.29, 1.82) is 0 Å². The number of nitrogens with one attached hydrogen (secondary N) is 2. The van der Waals surface area contributed by atoms with Crippen molar-refractivity contribution in [1.82, 2.24) is 25.3 Å². The summed E-state index contributed by atoms with van der Waals surface area (Å²) >= 11 is 0. The third-order valence-electron chi connectivity index (χ3n) is 4.68. The smallest absolute Gasteiger partial charge is 0.191 e. The highest BCUT2D eigenvalue weighted by Gasteiger charge is 2.25. The van der Waals surface area contributed by atoms with Gasteiger partial charge in [-0.1, -0.05) is 0 Å². The molecule has 9 heteroatoms. The Morgan fingerprint density at radius 3 is 2.75 bits per heavy atom. The fraction of sp³-hybridized carbons (Fsp3) is 0.579. The first-order chi connectivity index (χ1) is 13.3. The third kappa shape index (κ3) is 6.78. The van der Waals surface area contributed by atoms with Crippen molar-refractivity contribution in [2.24, 2.45) is 4.99 Å². The maximum Gasteiger partial charge on any atom is 0.191 e. The summed E-state index contributed by atoms with van der Waals surface area (Å²) in [5.41, 5.74) is 0. The topological polar surface area (TPSA) is 79.8 Å². The van der Waals surface area contributed by atoms with Crippen LogP contribution in [-0.4, -0.2) is 67.1 Å². The molecule has 3 rings (SSSR count). The summed E-state index contributed by atoms with van der Waals surface area (Å²) in [6, 6.07) is 6.18. The molecule has 156 valence electrons. The number of halogens is 1. The highest BCUT2D eigenvalue weighted by atomic mass is 127. The first-order valence-corrected chi connectivity index (χ1v) is 9.56. The summed E-state index contributed by atoms with van der Waals surface area (Å²) in [5.74, 6) is 2.72. The van der Waals surface area contributed by atoms with Crippen LogP contribution in [0.25, 0.3) is 0 Å². The zero-order valence-electron chi connectivity index (χ0n) is 16.6. The van der Waals surface area contributed by atoms with Gasteiger partial charge in [0, 0.05) is 52.2 Å². The monoisotopic (exact) mass is 502 g/mol. The third-order valence-corrected chi connectivity index (χ3v) is 4.68. The first-order valence-electron chi connectivity index (χ1n) is 9.56. The average molecular weight is 502 g/mol. The van der Waals surface area contributed by atoms with Crippen molar-refractivity contribution in [3.8, 4) is 0 Å². The zero-order valence-corrected chi connectivity index (χ0v) is 19.0. The van der Waals surface area contributed by atoms with Crippen LogP contribution in [0.3, 0.4) is 0 Å². The van der Waals surface area contributed by atoms with Crippen LogP contribution < -0.4 is 10.6 Å². The SMILES string of the molecule is CN=C(NCCCn1cccn1)NCC(c1ccc(C)o1)N1CCOCC1.I. The molecule has 0 aliphatic carbocycles. The molecule has 0 bridgehead atoms. The highest BCUT2D eigenvalue weighted by Crippen LogP contribution is 2.23. The van der Waals surface area contributed by atoms with E-state index in [9.17, 15) is 0 Å². The van der Waals surface area contributed by atoms with Gasteiger partial charge >= 0.3 is 0 Å². The van der Waals surface area contributed by atoms with Crippen LogP contribution in [0.15, 0.2) is 40.0 Å². The standard InChI is InChI=1S/C19H30N6O2.HI/c1-16-5-6-18(27-16)17(24-11-13-26-14-12-24)15-22-19(20-2)21-7-3-9-25-10-4-8-23-25;/h4-6,8,10,17H,3,7,9,11-15H2,1-2H3,(H2,20,21,22);1H. The average Bonchev–Trinajstić information content (AvgIpc) is 3.36. The van der Waals surface area contributed by atoms with Crippen molar-refractivity contribution in [2.45, 2.75) is 25.9 Å². The summed E-state index contributed by atoms with van der Waals surface area (Å²) in [4.78, 5) is 6.74. The van der Waals surface area contributed by atoms with E-state index in [1.54, 1.807) is 13.2 Å². The molecule has 2 aromatic rings. The van der Waals surface area contributed by atoms with Crippen molar-refractivity contribution in [3.05, 3.63) is 42.1 Å². The van der Waals surface area contributed by atoms with Gasteiger partial charge in [0.25, 0.3) is 0 Å². The second-order valence-electron chi connectivity index (χ2n) is 6.62. The van der Waals surface area contributed by atoms with Gasteiger partial charge in [-0.15, -0.1) is 24.0 Å². The van der Waals surface area contributed by atoms with Crippen LogP contribution >= 0.6 is 24.0 Å². The normalized spacial score (nSPS) is 16.4. The predicted molar refractivity (Wildman–Crippen MR) is 120 cm³/mol. The Kier molecular flexibility index (Phi) is 9.79. The van der Waals surface area contributed by atoms with Gasteiger partial charge in [-0.2, -0.15) is 5.10 Å². The molecule has 8 nitrogen and oxygen atoms in total. The van der Waals surface area contributed by atoms with Crippen LogP contribution in [0.4, 0.5) is 0 Å². The van der Waals surface area contributed by atoms with Gasteiger partial charge < -0.3 is 19.8 Å². The van der Waals surface area contributed by atoms with Gasteiger partial charge in [0.05, 0.1) is 19.3 Å². The number of guanidine groups is 1. The largest absolute Gasteiger partial charge is 0.465 e. The number of aromatic nitrogens is 2. The quantitative estimate of drug-likeness (QED) is 0.249. The summed E-state index contributed by atoms with van der Waals surface area (Å²) < 4.78 is 13.3. The molecule has 1 unspecified atom stereocenters. The van der Waals surface area contributed by atoms with Crippen LogP contribution in [0.5, 0.6) is 0 Å². The lowest BCUT2D eigenvalue weighted by molar-refractivity contribution is 0.0124. The zero-order chi connectivity index (χ0) is 18.9. The van der Waals surface area contributed by atoms with E-state index >= 15 is 0 Å². The number of aliphatic imine (C=N–C) groups is 1. The summed E-state index contributed by atoms with van der Waals surface area (Å²) in [6.07, 6.45) is 4.76. The lowest BCUT2D eigenvalue weighted by Gasteiger charge is -2.33. The molecule has 1 atom stereocenters. The van der Waals surface area contributed by atoms with E-state index in [0.29, 0.717) is 0 Å². The van der Waals surface area contributed by atoms with Crippen molar-refractivity contribution < 1.29 is 9.15 Å². The summed E-state index contributed by atoms with van der Waals surface area (Å²) in [5, 5.41) is 11.0. The number of hydrogen-bond acceptors (Lipinski definition) is 5. The Labute approximate surface area is 183 Å². The molecule has 0 amide bonds. The van der Waals surface area contributed by atoms with E-state index in [1.807, 2.05) is 29.9 Å². The lowest BCUT2D eigenvalue weighted by atomic mass is 10.1. The van der Waals surface area contributed by atoms with E-state index in [-0.39, 0.29) is 30.0 Å². The minimum atomic E-state index is 0. The van der Waals surface area contributed by atoms with E-state index in [2.05, 4.69) is 31.7 Å². The van der Waals surface area contributed by atoms with Gasteiger partial charge in [0.2, 0.25) is 0 Å². The number of aryl methyl sites for hydroxylation is 2. The lowest BCUT2D eigenvalue weighted by Crippen LogP contribution is -2.46. The first kappa shape index (κ1) is 22.7. The molecular weight excluding hydrogens is 471 g/mol. The second kappa shape index (κ2) is 12.1. The number of furan rings is 1. The Balaban J connectivity index is 0.00000280. The van der Waals surface area contributed by atoms with Crippen LogP contribution in [0.2, 0.25) is 0 Å². The van der Waals surface area contributed by atoms with E-state index in [4.69, 9.17) is 9.15 Å². The minimum Gasteiger partial charge on any atom is -0.465 e. The highest BCUT2D eigenvalue weighted by molar-refractivity contribution is 14.0. The van der Waals surface area contributed by atoms with Crippen molar-refractivity contribution in [3.63, 3.8) is 0 Å². The fourth-order valence-electron chi connectivity index (χ4n) is 3.23. The van der Waals surface area contributed by atoms with Crippen LogP contribution in [-0.2, 0) is 11.3 Å². The molecule has 1 saturated heterocycles. The molecular formula is C19H31IN6O2. The molecule has 0 aromatic carbocycles. The molecule has 28 heavy (non-hydrogen) atoms. The molecule has 1 aliphatic rings. The van der Waals surface area contributed by atoms with Crippen molar-refractivity contribution in [2.75, 3.05) is 46.4 Å². The van der Waals surface area contributed by atoms with Gasteiger partial charge in [0.15, 0.2) is 5.96 Å². The fourth-order valence-corrected chi connectivity index (χ4v) is 3.23. The Morgan fingerprint density at radius 2 is 2.11 bits per heavy atom.